The van der Waals surface area contributed by atoms with Crippen molar-refractivity contribution in [3.05, 3.63) is 0 Å². The molecule has 0 radical (unpaired) electrons. The molecule has 0 aromatic rings. The standard InChI is InChI=1S/C18H36N4O2.ClH/c1-5-15(4)17(19)18(23)21-8-6-20(7-9-21)12-16-13-22(14(2)3)10-11-24-16;/h14-17H,5-13,19H2,1-4H3;1H. The zero-order valence-electron chi connectivity index (χ0n) is 16.3. The summed E-state index contributed by atoms with van der Waals surface area (Å²) in [5, 5.41) is 0. The number of morpholine rings is 1. The number of nitrogens with zero attached hydrogens (tertiary/aromatic N) is 3. The molecule has 1 amide bonds. The zero-order valence-corrected chi connectivity index (χ0v) is 17.1. The Morgan fingerprint density at radius 1 is 1.16 bits per heavy atom. The van der Waals surface area contributed by atoms with E-state index in [2.05, 4.69) is 37.5 Å². The number of piperazine rings is 1. The fourth-order valence-corrected chi connectivity index (χ4v) is 3.47. The highest BCUT2D eigenvalue weighted by Gasteiger charge is 2.30. The molecule has 2 N–H and O–H groups in total. The summed E-state index contributed by atoms with van der Waals surface area (Å²) in [7, 11) is 0. The molecule has 0 aliphatic carbocycles. The van der Waals surface area contributed by atoms with Crippen molar-refractivity contribution in [2.75, 3.05) is 52.4 Å². The maximum Gasteiger partial charge on any atom is 0.239 e. The van der Waals surface area contributed by atoms with Gasteiger partial charge in [-0.1, -0.05) is 20.3 Å². The largest absolute Gasteiger partial charge is 0.374 e. The Labute approximate surface area is 159 Å². The molecule has 2 fully saturated rings. The number of hydrogen-bond donors (Lipinski definition) is 1. The summed E-state index contributed by atoms with van der Waals surface area (Å²) in [4.78, 5) is 19.3. The molecule has 25 heavy (non-hydrogen) atoms. The van der Waals surface area contributed by atoms with Gasteiger partial charge in [0.1, 0.15) is 0 Å². The fraction of sp³-hybridized carbons (Fsp3) is 0.944. The van der Waals surface area contributed by atoms with Crippen molar-refractivity contribution in [2.24, 2.45) is 11.7 Å². The number of carbonyl (C=O) groups excluding carboxylic acids is 1. The molecule has 2 heterocycles. The first-order chi connectivity index (χ1) is 11.4. The van der Waals surface area contributed by atoms with E-state index >= 15 is 0 Å². The van der Waals surface area contributed by atoms with E-state index in [-0.39, 0.29) is 36.4 Å². The van der Waals surface area contributed by atoms with Gasteiger partial charge in [-0.3, -0.25) is 14.6 Å². The maximum atomic E-state index is 12.5. The average molecular weight is 377 g/mol. The van der Waals surface area contributed by atoms with Crippen LogP contribution in [0, 0.1) is 5.92 Å². The van der Waals surface area contributed by atoms with E-state index in [4.69, 9.17) is 10.5 Å². The van der Waals surface area contributed by atoms with Crippen molar-refractivity contribution < 1.29 is 9.53 Å². The summed E-state index contributed by atoms with van der Waals surface area (Å²) in [5.41, 5.74) is 6.10. The smallest absolute Gasteiger partial charge is 0.239 e. The summed E-state index contributed by atoms with van der Waals surface area (Å²) in [6, 6.07) is 0.218. The summed E-state index contributed by atoms with van der Waals surface area (Å²) in [6.07, 6.45) is 1.23. The second kappa shape index (κ2) is 10.7. The summed E-state index contributed by atoms with van der Waals surface area (Å²) in [6.45, 7) is 15.8. The SMILES string of the molecule is CCC(C)C(N)C(=O)N1CCN(CC2CN(C(C)C)CCO2)CC1.Cl. The molecule has 0 spiro atoms. The van der Waals surface area contributed by atoms with Gasteiger partial charge in [-0.25, -0.2) is 0 Å². The number of halogens is 1. The van der Waals surface area contributed by atoms with Crippen LogP contribution in [0.4, 0.5) is 0 Å². The highest BCUT2D eigenvalue weighted by atomic mass is 35.5. The molecule has 3 unspecified atom stereocenters. The molecule has 7 heteroatoms. The monoisotopic (exact) mass is 376 g/mol. The maximum absolute atomic E-state index is 12.5. The summed E-state index contributed by atoms with van der Waals surface area (Å²) < 4.78 is 5.94. The second-order valence-electron chi connectivity index (χ2n) is 7.62. The molecule has 2 aliphatic heterocycles. The number of ether oxygens (including phenoxy) is 1. The van der Waals surface area contributed by atoms with Crippen LogP contribution in [0.25, 0.3) is 0 Å². The highest BCUT2D eigenvalue weighted by molar-refractivity contribution is 5.85. The third-order valence-corrected chi connectivity index (χ3v) is 5.59. The van der Waals surface area contributed by atoms with E-state index in [9.17, 15) is 4.79 Å². The van der Waals surface area contributed by atoms with Crippen LogP contribution >= 0.6 is 12.4 Å². The zero-order chi connectivity index (χ0) is 17.7. The molecule has 3 atom stereocenters. The fourth-order valence-electron chi connectivity index (χ4n) is 3.47. The van der Waals surface area contributed by atoms with Crippen LogP contribution in [0.2, 0.25) is 0 Å². The molecule has 2 rings (SSSR count). The summed E-state index contributed by atoms with van der Waals surface area (Å²) >= 11 is 0. The predicted molar refractivity (Wildman–Crippen MR) is 104 cm³/mol. The van der Waals surface area contributed by atoms with E-state index < -0.39 is 0 Å². The van der Waals surface area contributed by atoms with E-state index in [0.717, 1.165) is 58.8 Å². The number of amides is 1. The van der Waals surface area contributed by atoms with Crippen LogP contribution in [-0.2, 0) is 9.53 Å². The van der Waals surface area contributed by atoms with Crippen LogP contribution in [-0.4, -0.2) is 91.2 Å². The van der Waals surface area contributed by atoms with Crippen LogP contribution < -0.4 is 5.73 Å². The van der Waals surface area contributed by atoms with Crippen molar-refractivity contribution in [2.45, 2.75) is 52.3 Å². The quantitative estimate of drug-likeness (QED) is 0.750. The molecule has 0 bridgehead atoms. The average Bonchev–Trinajstić information content (AvgIpc) is 2.60. The topological polar surface area (TPSA) is 62.0 Å². The number of hydrogen-bond acceptors (Lipinski definition) is 5. The lowest BCUT2D eigenvalue weighted by atomic mass is 9.98. The molecule has 0 saturated carbocycles. The van der Waals surface area contributed by atoms with Gasteiger partial charge in [-0.05, 0) is 19.8 Å². The van der Waals surface area contributed by atoms with Gasteiger partial charge in [0.15, 0.2) is 0 Å². The second-order valence-corrected chi connectivity index (χ2v) is 7.62. The van der Waals surface area contributed by atoms with Crippen molar-refractivity contribution in [1.29, 1.82) is 0 Å². The third-order valence-electron chi connectivity index (χ3n) is 5.59. The molecular weight excluding hydrogens is 340 g/mol. The van der Waals surface area contributed by atoms with Gasteiger partial charge in [-0.15, -0.1) is 12.4 Å². The van der Waals surface area contributed by atoms with Gasteiger partial charge >= 0.3 is 0 Å². The molecule has 0 aromatic carbocycles. The van der Waals surface area contributed by atoms with E-state index in [1.54, 1.807) is 0 Å². The predicted octanol–water partition coefficient (Wildman–Crippen LogP) is 1.04. The van der Waals surface area contributed by atoms with Gasteiger partial charge in [0.2, 0.25) is 5.91 Å². The number of nitrogens with two attached hydrogens (primary N) is 1. The van der Waals surface area contributed by atoms with Gasteiger partial charge in [-0.2, -0.15) is 0 Å². The Bertz CT molecular complexity index is 403. The minimum atomic E-state index is -0.358. The minimum Gasteiger partial charge on any atom is -0.374 e. The van der Waals surface area contributed by atoms with Crippen LogP contribution in [0.5, 0.6) is 0 Å². The van der Waals surface area contributed by atoms with Gasteiger partial charge in [0, 0.05) is 51.9 Å². The third kappa shape index (κ3) is 6.36. The Kier molecular flexibility index (Phi) is 9.67. The molecule has 2 aliphatic rings. The number of carbonyl (C=O) groups is 1. The van der Waals surface area contributed by atoms with E-state index in [0.29, 0.717) is 6.04 Å². The lowest BCUT2D eigenvalue weighted by Crippen LogP contribution is -2.56. The normalized spacial score (nSPS) is 25.5. The molecule has 2 saturated heterocycles. The summed E-state index contributed by atoms with van der Waals surface area (Å²) in [5.74, 6) is 0.358. The molecule has 148 valence electrons. The lowest BCUT2D eigenvalue weighted by molar-refractivity contribution is -0.136. The Morgan fingerprint density at radius 2 is 1.80 bits per heavy atom. The minimum absolute atomic E-state index is 0. The molecular formula is C18H37ClN4O2. The van der Waals surface area contributed by atoms with Crippen molar-refractivity contribution in [3.8, 4) is 0 Å². The Balaban J connectivity index is 0.00000312. The Morgan fingerprint density at radius 3 is 2.36 bits per heavy atom. The first kappa shape index (κ1) is 22.6. The van der Waals surface area contributed by atoms with Crippen LogP contribution in [0.3, 0.4) is 0 Å². The first-order valence-electron chi connectivity index (χ1n) is 9.54. The highest BCUT2D eigenvalue weighted by Crippen LogP contribution is 2.13. The first-order valence-corrected chi connectivity index (χ1v) is 9.54. The van der Waals surface area contributed by atoms with Gasteiger partial charge < -0.3 is 15.4 Å². The lowest BCUT2D eigenvalue weighted by Gasteiger charge is -2.40. The Hall–Kier alpha value is -0.400. The van der Waals surface area contributed by atoms with Crippen molar-refractivity contribution in [3.63, 3.8) is 0 Å². The molecule has 6 nitrogen and oxygen atoms in total. The van der Waals surface area contributed by atoms with E-state index in [1.807, 2.05) is 4.90 Å². The van der Waals surface area contributed by atoms with Crippen molar-refractivity contribution in [1.82, 2.24) is 14.7 Å². The van der Waals surface area contributed by atoms with Gasteiger partial charge in [0.25, 0.3) is 0 Å². The van der Waals surface area contributed by atoms with Crippen LogP contribution in [0.1, 0.15) is 34.1 Å². The van der Waals surface area contributed by atoms with Crippen molar-refractivity contribution >= 4 is 18.3 Å². The number of rotatable bonds is 6. The molecule has 0 aromatic heterocycles. The van der Waals surface area contributed by atoms with Gasteiger partial charge in [0.05, 0.1) is 18.8 Å². The van der Waals surface area contributed by atoms with Crippen LogP contribution in [0.15, 0.2) is 0 Å². The van der Waals surface area contributed by atoms with E-state index in [1.165, 1.54) is 0 Å².